The number of fused-ring (bicyclic) bond motifs is 1. The van der Waals surface area contributed by atoms with Gasteiger partial charge in [-0.1, -0.05) is 6.07 Å². The molecule has 0 radical (unpaired) electrons. The number of sulfone groups is 1. The highest BCUT2D eigenvalue weighted by atomic mass is 32.2. The Morgan fingerprint density at radius 3 is 2.80 bits per heavy atom. The maximum absolute atomic E-state index is 13.1. The smallest absolute Gasteiger partial charge is 0.252 e. The van der Waals surface area contributed by atoms with Gasteiger partial charge in [-0.15, -0.1) is 0 Å². The Kier molecular flexibility index (Phi) is 4.57. The second-order valence-electron chi connectivity index (χ2n) is 8.20. The van der Waals surface area contributed by atoms with Crippen LogP contribution in [-0.2, 0) is 16.4 Å². The third kappa shape index (κ3) is 3.58. The first-order chi connectivity index (χ1) is 14.4. The fraction of sp³-hybridized carbons (Fsp3) is 0.429. The molecule has 156 valence electrons. The number of aromatic nitrogens is 4. The van der Waals surface area contributed by atoms with Gasteiger partial charge in [0.25, 0.3) is 5.91 Å². The third-order valence-corrected chi connectivity index (χ3v) is 7.58. The minimum Gasteiger partial charge on any atom is -0.348 e. The van der Waals surface area contributed by atoms with Crippen LogP contribution in [0.25, 0.3) is 11.0 Å². The van der Waals surface area contributed by atoms with Crippen LogP contribution in [0.4, 0.5) is 0 Å². The number of nitrogens with zero attached hydrogens (tertiary/aromatic N) is 4. The topological polar surface area (TPSA) is 107 Å². The van der Waals surface area contributed by atoms with Crippen LogP contribution < -0.4 is 5.32 Å². The van der Waals surface area contributed by atoms with Crippen LogP contribution in [0.15, 0.2) is 30.6 Å². The molecule has 1 N–H and O–H groups in total. The molecule has 9 heteroatoms. The summed E-state index contributed by atoms with van der Waals surface area (Å²) in [5.41, 5.74) is 3.66. The number of pyridine rings is 2. The van der Waals surface area contributed by atoms with Crippen LogP contribution in [0.3, 0.4) is 0 Å². The first-order valence-electron chi connectivity index (χ1n) is 10.2. The number of hydrogen-bond acceptors (Lipinski definition) is 6. The van der Waals surface area contributed by atoms with Gasteiger partial charge >= 0.3 is 0 Å². The Morgan fingerprint density at radius 2 is 2.13 bits per heavy atom. The molecule has 2 aliphatic rings. The van der Waals surface area contributed by atoms with Crippen molar-refractivity contribution in [2.24, 2.45) is 0 Å². The van der Waals surface area contributed by atoms with E-state index >= 15 is 0 Å². The van der Waals surface area contributed by atoms with Gasteiger partial charge < -0.3 is 5.32 Å². The van der Waals surface area contributed by atoms with E-state index in [-0.39, 0.29) is 23.5 Å². The van der Waals surface area contributed by atoms with Crippen molar-refractivity contribution in [3.8, 4) is 0 Å². The predicted octanol–water partition coefficient (Wildman–Crippen LogP) is 2.30. The summed E-state index contributed by atoms with van der Waals surface area (Å²) in [7, 11) is -3.06. The van der Waals surface area contributed by atoms with E-state index < -0.39 is 9.84 Å². The van der Waals surface area contributed by atoms with Gasteiger partial charge in [0, 0.05) is 30.6 Å². The van der Waals surface area contributed by atoms with Crippen LogP contribution in [-0.4, -0.2) is 45.6 Å². The molecule has 1 amide bonds. The van der Waals surface area contributed by atoms with E-state index in [2.05, 4.69) is 15.4 Å². The largest absolute Gasteiger partial charge is 0.348 e. The maximum atomic E-state index is 13.1. The number of nitrogens with one attached hydrogen (secondary N) is 1. The second kappa shape index (κ2) is 7.16. The van der Waals surface area contributed by atoms with Gasteiger partial charge in [0.05, 0.1) is 34.2 Å². The molecule has 1 atom stereocenters. The summed E-state index contributed by atoms with van der Waals surface area (Å²) >= 11 is 0. The zero-order valence-corrected chi connectivity index (χ0v) is 17.5. The SMILES string of the molecule is Cc1nn([C@H]2CCS(=O)(=O)C2)c2nc(C3CC3)cc(C(=O)NCc3cccnc3)c12. The Morgan fingerprint density at radius 1 is 1.30 bits per heavy atom. The zero-order valence-electron chi connectivity index (χ0n) is 16.7. The Balaban J connectivity index is 1.55. The molecule has 1 saturated heterocycles. The van der Waals surface area contributed by atoms with Gasteiger partial charge in [-0.3, -0.25) is 9.78 Å². The third-order valence-electron chi connectivity index (χ3n) is 5.83. The van der Waals surface area contributed by atoms with E-state index in [9.17, 15) is 13.2 Å². The van der Waals surface area contributed by atoms with E-state index in [0.29, 0.717) is 41.2 Å². The molecule has 1 saturated carbocycles. The van der Waals surface area contributed by atoms with Crippen LogP contribution >= 0.6 is 0 Å². The fourth-order valence-electron chi connectivity index (χ4n) is 4.10. The summed E-state index contributed by atoms with van der Waals surface area (Å²) in [5.74, 6) is 0.407. The molecule has 1 aliphatic carbocycles. The van der Waals surface area contributed by atoms with E-state index in [1.54, 1.807) is 17.1 Å². The Hall–Kier alpha value is -2.81. The molecule has 0 spiro atoms. The van der Waals surface area contributed by atoms with E-state index in [0.717, 1.165) is 24.1 Å². The van der Waals surface area contributed by atoms with Gasteiger partial charge in [-0.05, 0) is 43.9 Å². The highest BCUT2D eigenvalue weighted by Gasteiger charge is 2.34. The first kappa shape index (κ1) is 19.2. The molecule has 4 heterocycles. The summed E-state index contributed by atoms with van der Waals surface area (Å²) < 4.78 is 25.7. The molecule has 8 nitrogen and oxygen atoms in total. The van der Waals surface area contributed by atoms with E-state index in [1.807, 2.05) is 25.1 Å². The molecule has 3 aromatic heterocycles. The minimum atomic E-state index is -3.06. The lowest BCUT2D eigenvalue weighted by atomic mass is 10.1. The van der Waals surface area contributed by atoms with Gasteiger partial charge in [-0.2, -0.15) is 5.10 Å². The molecular formula is C21H23N5O3S. The maximum Gasteiger partial charge on any atom is 0.252 e. The predicted molar refractivity (Wildman–Crippen MR) is 112 cm³/mol. The van der Waals surface area contributed by atoms with E-state index in [4.69, 9.17) is 4.98 Å². The number of amides is 1. The standard InChI is InChI=1S/C21H23N5O3S/c1-13-19-17(21(27)23-11-14-3-2-7-22-10-14)9-18(15-4-5-15)24-20(19)26(25-13)16-6-8-30(28,29)12-16/h2-3,7,9-10,15-16H,4-6,8,11-12H2,1H3,(H,23,27)/t16-/m0/s1. The number of carbonyl (C=O) groups is 1. The quantitative estimate of drug-likeness (QED) is 0.672. The highest BCUT2D eigenvalue weighted by molar-refractivity contribution is 7.91. The van der Waals surface area contributed by atoms with Crippen LogP contribution in [0, 0.1) is 6.92 Å². The lowest BCUT2D eigenvalue weighted by Crippen LogP contribution is -2.23. The molecule has 0 bridgehead atoms. The van der Waals surface area contributed by atoms with Gasteiger partial charge in [0.2, 0.25) is 0 Å². The average molecular weight is 426 g/mol. The Labute approximate surface area is 174 Å². The molecule has 30 heavy (non-hydrogen) atoms. The van der Waals surface area contributed by atoms with Crippen molar-refractivity contribution in [3.05, 3.63) is 53.1 Å². The number of hydrogen-bond donors (Lipinski definition) is 1. The molecule has 1 aliphatic heterocycles. The summed E-state index contributed by atoms with van der Waals surface area (Å²) in [6, 6.07) is 5.39. The molecule has 0 unspecified atom stereocenters. The van der Waals surface area contributed by atoms with Crippen molar-refractivity contribution in [2.45, 2.75) is 44.7 Å². The second-order valence-corrected chi connectivity index (χ2v) is 10.4. The minimum absolute atomic E-state index is 0.0705. The average Bonchev–Trinajstić information content (AvgIpc) is 3.45. The molecular weight excluding hydrogens is 402 g/mol. The fourth-order valence-corrected chi connectivity index (χ4v) is 5.79. The van der Waals surface area contributed by atoms with Crippen molar-refractivity contribution in [2.75, 3.05) is 11.5 Å². The first-order valence-corrected chi connectivity index (χ1v) is 12.0. The van der Waals surface area contributed by atoms with Crippen molar-refractivity contribution in [1.82, 2.24) is 25.1 Å². The summed E-state index contributed by atoms with van der Waals surface area (Å²) in [5, 5.41) is 8.29. The number of aryl methyl sites for hydroxylation is 1. The zero-order chi connectivity index (χ0) is 20.9. The van der Waals surface area contributed by atoms with Crippen molar-refractivity contribution in [1.29, 1.82) is 0 Å². The van der Waals surface area contributed by atoms with E-state index in [1.165, 1.54) is 0 Å². The molecule has 0 aromatic carbocycles. The highest BCUT2D eigenvalue weighted by Crippen LogP contribution is 2.41. The summed E-state index contributed by atoms with van der Waals surface area (Å²) in [6.45, 7) is 2.22. The monoisotopic (exact) mass is 425 g/mol. The number of carbonyl (C=O) groups excluding carboxylic acids is 1. The summed E-state index contributed by atoms with van der Waals surface area (Å²) in [6.07, 6.45) is 6.05. The molecule has 3 aromatic rings. The summed E-state index contributed by atoms with van der Waals surface area (Å²) in [4.78, 5) is 22.0. The van der Waals surface area contributed by atoms with Crippen molar-refractivity contribution >= 4 is 26.8 Å². The van der Waals surface area contributed by atoms with Gasteiger partial charge in [0.1, 0.15) is 0 Å². The number of rotatable bonds is 5. The molecule has 2 fully saturated rings. The molecule has 5 rings (SSSR count). The van der Waals surface area contributed by atoms with Gasteiger partial charge in [-0.25, -0.2) is 18.1 Å². The van der Waals surface area contributed by atoms with Crippen LogP contribution in [0.2, 0.25) is 0 Å². The Bertz CT molecular complexity index is 1230. The lowest BCUT2D eigenvalue weighted by molar-refractivity contribution is 0.0952. The normalized spacial score (nSPS) is 20.5. The van der Waals surface area contributed by atoms with Gasteiger partial charge in [0.15, 0.2) is 15.5 Å². The van der Waals surface area contributed by atoms with Crippen molar-refractivity contribution < 1.29 is 13.2 Å². The van der Waals surface area contributed by atoms with Crippen LogP contribution in [0.5, 0.6) is 0 Å². The van der Waals surface area contributed by atoms with Crippen LogP contribution in [0.1, 0.15) is 58.5 Å². The van der Waals surface area contributed by atoms with Crippen molar-refractivity contribution in [3.63, 3.8) is 0 Å². The lowest BCUT2D eigenvalue weighted by Gasteiger charge is -2.12.